The van der Waals surface area contributed by atoms with E-state index in [1.807, 2.05) is 48.5 Å². The Morgan fingerprint density at radius 2 is 1.53 bits per heavy atom. The number of hydrogen-bond donors (Lipinski definition) is 1. The Bertz CT molecular complexity index is 955. The van der Waals surface area contributed by atoms with Crippen molar-refractivity contribution in [2.24, 2.45) is 0 Å². The number of hydrogen-bond acceptors (Lipinski definition) is 5. The highest BCUT2D eigenvalue weighted by Gasteiger charge is 2.18. The highest BCUT2D eigenvalue weighted by atomic mass is 32.2. The maximum Gasteiger partial charge on any atom is 0.235 e. The maximum atomic E-state index is 12.4. The Morgan fingerprint density at radius 3 is 2.22 bits per heavy atom. The van der Waals surface area contributed by atoms with Crippen molar-refractivity contribution in [3.63, 3.8) is 0 Å². The minimum absolute atomic E-state index is 0.0235. The predicted octanol–water partition coefficient (Wildman–Crippen LogP) is 2.49. The number of nitrogens with zero attached hydrogens (tertiary/aromatic N) is 2. The normalized spacial score (nSPS) is 15.5. The first kappa shape index (κ1) is 24.4. The summed E-state index contributed by atoms with van der Waals surface area (Å²) < 4.78 is 24.7. The summed E-state index contributed by atoms with van der Waals surface area (Å²) >= 11 is 0. The predicted molar refractivity (Wildman–Crippen MR) is 129 cm³/mol. The third-order valence-electron chi connectivity index (χ3n) is 6.02. The molecule has 32 heavy (non-hydrogen) atoms. The number of sulfone groups is 1. The Morgan fingerprint density at radius 1 is 0.906 bits per heavy atom. The van der Waals surface area contributed by atoms with Crippen LogP contribution in [-0.4, -0.2) is 68.4 Å². The lowest BCUT2D eigenvalue weighted by molar-refractivity contribution is -0.118. The molecule has 174 valence electrons. The van der Waals surface area contributed by atoms with E-state index in [1.165, 1.54) is 5.56 Å². The lowest BCUT2D eigenvalue weighted by atomic mass is 10.1. The summed E-state index contributed by atoms with van der Waals surface area (Å²) in [5.41, 5.74) is 3.34. The number of carbonyl (C=O) groups excluding carboxylic acids is 1. The van der Waals surface area contributed by atoms with Crippen molar-refractivity contribution in [2.45, 2.75) is 32.9 Å². The van der Waals surface area contributed by atoms with Gasteiger partial charge in [-0.1, -0.05) is 61.5 Å². The van der Waals surface area contributed by atoms with Crippen molar-refractivity contribution in [3.05, 3.63) is 71.3 Å². The summed E-state index contributed by atoms with van der Waals surface area (Å²) in [6.07, 6.45) is 1.22. The van der Waals surface area contributed by atoms with Crippen LogP contribution in [0.3, 0.4) is 0 Å². The molecule has 0 aliphatic carbocycles. The van der Waals surface area contributed by atoms with Crippen LogP contribution in [0.5, 0.6) is 0 Å². The van der Waals surface area contributed by atoms with Gasteiger partial charge in [0.15, 0.2) is 9.84 Å². The van der Waals surface area contributed by atoms with Gasteiger partial charge in [0.2, 0.25) is 5.91 Å². The van der Waals surface area contributed by atoms with Crippen molar-refractivity contribution in [1.82, 2.24) is 15.1 Å². The van der Waals surface area contributed by atoms with E-state index in [0.29, 0.717) is 19.4 Å². The van der Waals surface area contributed by atoms with Gasteiger partial charge < -0.3 is 10.2 Å². The van der Waals surface area contributed by atoms with Crippen LogP contribution in [0.4, 0.5) is 0 Å². The van der Waals surface area contributed by atoms with Gasteiger partial charge in [0.05, 0.1) is 5.75 Å². The Kier molecular flexibility index (Phi) is 9.26. The van der Waals surface area contributed by atoms with E-state index in [9.17, 15) is 13.2 Å². The van der Waals surface area contributed by atoms with Crippen molar-refractivity contribution in [1.29, 1.82) is 0 Å². The first-order chi connectivity index (χ1) is 15.4. The molecule has 1 heterocycles. The molecule has 7 heteroatoms. The van der Waals surface area contributed by atoms with E-state index in [1.54, 1.807) is 0 Å². The molecule has 0 atom stereocenters. The number of likely N-dealkylation sites (N-methyl/N-ethyl adjacent to an activating group) is 1. The summed E-state index contributed by atoms with van der Waals surface area (Å²) in [5, 5.41) is 2.81. The van der Waals surface area contributed by atoms with Crippen LogP contribution < -0.4 is 5.32 Å². The van der Waals surface area contributed by atoms with E-state index in [4.69, 9.17) is 0 Å². The van der Waals surface area contributed by atoms with Gasteiger partial charge in [-0.05, 0) is 36.1 Å². The summed E-state index contributed by atoms with van der Waals surface area (Å²) in [5.74, 6) is -0.866. The summed E-state index contributed by atoms with van der Waals surface area (Å²) in [7, 11) is -3.42. The molecular formula is C25H35N3O3S. The molecule has 0 aromatic heterocycles. The maximum absolute atomic E-state index is 12.4. The van der Waals surface area contributed by atoms with E-state index in [-0.39, 0.29) is 5.75 Å². The van der Waals surface area contributed by atoms with Gasteiger partial charge >= 0.3 is 0 Å². The van der Waals surface area contributed by atoms with Crippen LogP contribution in [-0.2, 0) is 34.1 Å². The minimum Gasteiger partial charge on any atom is -0.351 e. The SMILES string of the molecule is CCN1CCN(Cc2ccccc2CNC(=O)CS(=O)(=O)CCCc2ccccc2)CC1. The minimum atomic E-state index is -3.42. The molecule has 1 N–H and O–H groups in total. The smallest absolute Gasteiger partial charge is 0.235 e. The van der Waals surface area contributed by atoms with Crippen LogP contribution in [0.1, 0.15) is 30.0 Å². The summed E-state index contributed by atoms with van der Waals surface area (Å²) in [6, 6.07) is 17.9. The fraction of sp³-hybridized carbons (Fsp3) is 0.480. The number of benzene rings is 2. The van der Waals surface area contributed by atoms with Gasteiger partial charge in [-0.25, -0.2) is 8.42 Å². The van der Waals surface area contributed by atoms with Crippen LogP contribution in [0.2, 0.25) is 0 Å². The molecule has 6 nitrogen and oxygen atoms in total. The van der Waals surface area contributed by atoms with Gasteiger partial charge in [-0.2, -0.15) is 0 Å². The molecule has 1 saturated heterocycles. The first-order valence-electron chi connectivity index (χ1n) is 11.5. The molecule has 0 unspecified atom stereocenters. The highest BCUT2D eigenvalue weighted by molar-refractivity contribution is 7.92. The van der Waals surface area contributed by atoms with Crippen molar-refractivity contribution in [2.75, 3.05) is 44.2 Å². The number of aryl methyl sites for hydroxylation is 1. The second-order valence-corrected chi connectivity index (χ2v) is 10.6. The van der Waals surface area contributed by atoms with Gasteiger partial charge in [-0.15, -0.1) is 0 Å². The van der Waals surface area contributed by atoms with E-state index in [2.05, 4.69) is 28.1 Å². The van der Waals surface area contributed by atoms with E-state index < -0.39 is 21.5 Å². The molecule has 1 amide bonds. The number of amides is 1. The lowest BCUT2D eigenvalue weighted by Crippen LogP contribution is -2.45. The zero-order chi connectivity index (χ0) is 22.8. The third kappa shape index (κ3) is 8.04. The first-order valence-corrected chi connectivity index (χ1v) is 13.3. The van der Waals surface area contributed by atoms with E-state index in [0.717, 1.165) is 50.4 Å². The average Bonchev–Trinajstić information content (AvgIpc) is 2.79. The average molecular weight is 458 g/mol. The fourth-order valence-electron chi connectivity index (χ4n) is 4.05. The van der Waals surface area contributed by atoms with Gasteiger partial charge in [-0.3, -0.25) is 9.69 Å². The molecule has 1 fully saturated rings. The molecule has 0 radical (unpaired) electrons. The molecule has 0 bridgehead atoms. The molecule has 1 aliphatic heterocycles. The second kappa shape index (κ2) is 12.1. The standard InChI is InChI=1S/C25H35N3O3S/c1-2-27-14-16-28(17-15-27)20-24-13-7-6-12-23(24)19-26-25(29)21-32(30,31)18-8-11-22-9-4-3-5-10-22/h3-7,9-10,12-13H,2,8,11,14-21H2,1H3,(H,26,29). The molecule has 3 rings (SSSR count). The summed E-state index contributed by atoms with van der Waals surface area (Å²) in [6.45, 7) is 8.72. The van der Waals surface area contributed by atoms with Crippen molar-refractivity contribution < 1.29 is 13.2 Å². The van der Waals surface area contributed by atoms with Crippen LogP contribution in [0.25, 0.3) is 0 Å². The quantitative estimate of drug-likeness (QED) is 0.561. The molecule has 2 aromatic rings. The molecule has 2 aromatic carbocycles. The highest BCUT2D eigenvalue weighted by Crippen LogP contribution is 2.14. The zero-order valence-electron chi connectivity index (χ0n) is 19.0. The molecule has 1 aliphatic rings. The Hall–Kier alpha value is -2.22. The second-order valence-electron chi connectivity index (χ2n) is 8.44. The van der Waals surface area contributed by atoms with Gasteiger partial charge in [0.25, 0.3) is 0 Å². The van der Waals surface area contributed by atoms with E-state index >= 15 is 0 Å². The van der Waals surface area contributed by atoms with Crippen molar-refractivity contribution >= 4 is 15.7 Å². The van der Waals surface area contributed by atoms with Crippen LogP contribution in [0.15, 0.2) is 54.6 Å². The number of rotatable bonds is 11. The van der Waals surface area contributed by atoms with Gasteiger partial charge in [0, 0.05) is 39.3 Å². The Balaban J connectivity index is 1.45. The molecule has 0 spiro atoms. The number of piperazine rings is 1. The third-order valence-corrected chi connectivity index (χ3v) is 7.63. The Labute approximate surface area is 192 Å². The number of carbonyl (C=O) groups is 1. The van der Waals surface area contributed by atoms with Crippen LogP contribution in [0, 0.1) is 0 Å². The number of nitrogens with one attached hydrogen (secondary N) is 1. The molecular weight excluding hydrogens is 422 g/mol. The monoisotopic (exact) mass is 457 g/mol. The zero-order valence-corrected chi connectivity index (χ0v) is 19.8. The van der Waals surface area contributed by atoms with Crippen LogP contribution >= 0.6 is 0 Å². The molecule has 0 saturated carbocycles. The fourth-order valence-corrected chi connectivity index (χ4v) is 5.28. The summed E-state index contributed by atoms with van der Waals surface area (Å²) in [4.78, 5) is 17.2. The lowest BCUT2D eigenvalue weighted by Gasteiger charge is -2.34. The van der Waals surface area contributed by atoms with Gasteiger partial charge in [0.1, 0.15) is 5.75 Å². The van der Waals surface area contributed by atoms with Crippen molar-refractivity contribution in [3.8, 4) is 0 Å². The largest absolute Gasteiger partial charge is 0.351 e. The topological polar surface area (TPSA) is 69.7 Å².